The lowest BCUT2D eigenvalue weighted by molar-refractivity contribution is 0.0488. The Kier molecular flexibility index (Phi) is 6.29. The molecule has 1 aliphatic heterocycles. The molecule has 4 nitrogen and oxygen atoms in total. The Morgan fingerprint density at radius 2 is 1.90 bits per heavy atom. The van der Waals surface area contributed by atoms with Gasteiger partial charge in [0.25, 0.3) is 0 Å². The van der Waals surface area contributed by atoms with Gasteiger partial charge in [-0.25, -0.2) is 0 Å². The molecule has 0 amide bonds. The number of hydrogen-bond acceptors (Lipinski definition) is 4. The van der Waals surface area contributed by atoms with Crippen LogP contribution < -0.4 is 4.74 Å². The number of benzene rings is 1. The lowest BCUT2D eigenvalue weighted by Crippen LogP contribution is -2.41. The maximum Gasteiger partial charge on any atom is 0.119 e. The van der Waals surface area contributed by atoms with Crippen LogP contribution in [0.3, 0.4) is 0 Å². The number of nitrogens with zero attached hydrogens (tertiary/aromatic N) is 1. The van der Waals surface area contributed by atoms with Crippen molar-refractivity contribution in [1.82, 2.24) is 4.90 Å². The van der Waals surface area contributed by atoms with E-state index in [1.54, 1.807) is 0 Å². The topological polar surface area (TPSA) is 52.9 Å². The summed E-state index contributed by atoms with van der Waals surface area (Å²) in [4.78, 5) is 2.24. The van der Waals surface area contributed by atoms with Crippen LogP contribution in [0, 0.1) is 5.92 Å². The van der Waals surface area contributed by atoms with E-state index in [2.05, 4.69) is 20.8 Å². The molecule has 0 spiro atoms. The summed E-state index contributed by atoms with van der Waals surface area (Å²) in [5, 5.41) is 19.1. The van der Waals surface area contributed by atoms with Gasteiger partial charge in [-0.05, 0) is 56.1 Å². The summed E-state index contributed by atoms with van der Waals surface area (Å²) in [7, 11) is 0. The van der Waals surface area contributed by atoms with E-state index in [1.165, 1.54) is 0 Å². The highest BCUT2D eigenvalue weighted by molar-refractivity contribution is 9.10. The zero-order chi connectivity index (χ0) is 14.4. The van der Waals surface area contributed by atoms with Crippen LogP contribution in [-0.2, 0) is 0 Å². The first-order valence-corrected chi connectivity index (χ1v) is 7.86. The molecular formula is C15H22BrNO3. The van der Waals surface area contributed by atoms with Gasteiger partial charge in [0, 0.05) is 17.6 Å². The third kappa shape index (κ3) is 5.05. The van der Waals surface area contributed by atoms with E-state index in [9.17, 15) is 5.11 Å². The number of rotatable bonds is 6. The van der Waals surface area contributed by atoms with E-state index < -0.39 is 6.10 Å². The summed E-state index contributed by atoms with van der Waals surface area (Å²) in [5.74, 6) is 1.20. The number of likely N-dealkylation sites (tertiary alicyclic amines) is 1. The van der Waals surface area contributed by atoms with Crippen LogP contribution in [0.5, 0.6) is 5.75 Å². The molecule has 5 heteroatoms. The lowest BCUT2D eigenvalue weighted by atomic mass is 9.98. The van der Waals surface area contributed by atoms with Crippen LogP contribution in [0.15, 0.2) is 28.7 Å². The number of aliphatic hydroxyl groups excluding tert-OH is 2. The normalized spacial score (nSPS) is 18.9. The van der Waals surface area contributed by atoms with Crippen LogP contribution in [-0.4, -0.2) is 54.1 Å². The second kappa shape index (κ2) is 7.98. The van der Waals surface area contributed by atoms with Crippen LogP contribution >= 0.6 is 15.9 Å². The van der Waals surface area contributed by atoms with Gasteiger partial charge in [-0.3, -0.25) is 0 Å². The van der Waals surface area contributed by atoms with Crippen LogP contribution in [0.2, 0.25) is 0 Å². The number of piperidine rings is 1. The van der Waals surface area contributed by atoms with Gasteiger partial charge >= 0.3 is 0 Å². The molecule has 2 N–H and O–H groups in total. The standard InChI is InChI=1S/C15H22BrNO3/c16-13-1-3-15(4-2-13)20-11-14(19)9-17-7-5-12(10-18)6-8-17/h1-4,12,14,18-19H,5-11H2. The van der Waals surface area contributed by atoms with Crippen molar-refractivity contribution in [3.8, 4) is 5.75 Å². The van der Waals surface area contributed by atoms with E-state index in [-0.39, 0.29) is 6.61 Å². The van der Waals surface area contributed by atoms with Crippen LogP contribution in [0.4, 0.5) is 0 Å². The van der Waals surface area contributed by atoms with E-state index in [0.717, 1.165) is 36.2 Å². The summed E-state index contributed by atoms with van der Waals surface area (Å²) >= 11 is 3.37. The van der Waals surface area contributed by atoms with Gasteiger partial charge in [-0.1, -0.05) is 15.9 Å². The Labute approximate surface area is 128 Å². The van der Waals surface area contributed by atoms with Crippen molar-refractivity contribution in [1.29, 1.82) is 0 Å². The Morgan fingerprint density at radius 3 is 2.50 bits per heavy atom. The molecule has 1 aromatic carbocycles. The molecule has 0 radical (unpaired) electrons. The zero-order valence-electron chi connectivity index (χ0n) is 11.5. The van der Waals surface area contributed by atoms with Crippen LogP contribution in [0.25, 0.3) is 0 Å². The van der Waals surface area contributed by atoms with E-state index in [0.29, 0.717) is 19.1 Å². The van der Waals surface area contributed by atoms with Crippen molar-refractivity contribution >= 4 is 15.9 Å². The monoisotopic (exact) mass is 343 g/mol. The van der Waals surface area contributed by atoms with Crippen LogP contribution in [0.1, 0.15) is 12.8 Å². The van der Waals surface area contributed by atoms with Gasteiger partial charge in [-0.15, -0.1) is 0 Å². The fraction of sp³-hybridized carbons (Fsp3) is 0.600. The van der Waals surface area contributed by atoms with E-state index >= 15 is 0 Å². The summed E-state index contributed by atoms with van der Waals surface area (Å²) in [5.41, 5.74) is 0. The Morgan fingerprint density at radius 1 is 1.25 bits per heavy atom. The number of hydrogen-bond donors (Lipinski definition) is 2. The summed E-state index contributed by atoms with van der Waals surface area (Å²) < 4.78 is 6.58. The highest BCUT2D eigenvalue weighted by atomic mass is 79.9. The number of β-amino-alcohol motifs (C(OH)–C–C–N with tert-alkyl or cyclic N) is 1. The molecule has 1 fully saturated rings. The maximum absolute atomic E-state index is 10.0. The first-order chi connectivity index (χ1) is 9.67. The highest BCUT2D eigenvalue weighted by Gasteiger charge is 2.20. The predicted octanol–water partition coefficient (Wildman–Crippen LogP) is 1.89. The molecule has 0 saturated carbocycles. The first kappa shape index (κ1) is 15.8. The SMILES string of the molecule is OCC1CCN(CC(O)COc2ccc(Br)cc2)CC1. The molecule has 1 saturated heterocycles. The minimum atomic E-state index is -0.482. The summed E-state index contributed by atoms with van der Waals surface area (Å²) in [6, 6.07) is 7.59. The Bertz CT molecular complexity index is 391. The number of ether oxygens (including phenoxy) is 1. The molecular weight excluding hydrogens is 322 g/mol. The van der Waals surface area contributed by atoms with Gasteiger partial charge in [0.1, 0.15) is 18.5 Å². The van der Waals surface area contributed by atoms with Gasteiger partial charge in [0.15, 0.2) is 0 Å². The number of aliphatic hydroxyl groups is 2. The molecule has 0 aliphatic carbocycles. The Balaban J connectivity index is 1.68. The maximum atomic E-state index is 10.0. The van der Waals surface area contributed by atoms with Gasteiger partial charge in [0.2, 0.25) is 0 Å². The van der Waals surface area contributed by atoms with Crippen molar-refractivity contribution in [3.05, 3.63) is 28.7 Å². The zero-order valence-corrected chi connectivity index (χ0v) is 13.1. The third-order valence-corrected chi connectivity index (χ3v) is 4.22. The fourth-order valence-electron chi connectivity index (χ4n) is 2.43. The minimum Gasteiger partial charge on any atom is -0.491 e. The summed E-state index contributed by atoms with van der Waals surface area (Å²) in [6.07, 6.45) is 1.54. The molecule has 112 valence electrons. The van der Waals surface area contributed by atoms with E-state index in [4.69, 9.17) is 9.84 Å². The largest absolute Gasteiger partial charge is 0.491 e. The first-order valence-electron chi connectivity index (χ1n) is 7.07. The molecule has 2 rings (SSSR count). The third-order valence-electron chi connectivity index (χ3n) is 3.69. The lowest BCUT2D eigenvalue weighted by Gasteiger charge is -2.32. The highest BCUT2D eigenvalue weighted by Crippen LogP contribution is 2.18. The predicted molar refractivity (Wildman–Crippen MR) is 81.9 cm³/mol. The molecule has 20 heavy (non-hydrogen) atoms. The quantitative estimate of drug-likeness (QED) is 0.828. The average molecular weight is 344 g/mol. The van der Waals surface area contributed by atoms with Gasteiger partial charge in [0.05, 0.1) is 0 Å². The van der Waals surface area contributed by atoms with Gasteiger partial charge in [-0.2, -0.15) is 0 Å². The molecule has 0 bridgehead atoms. The van der Waals surface area contributed by atoms with Crippen molar-refractivity contribution in [3.63, 3.8) is 0 Å². The minimum absolute atomic E-state index is 0.281. The van der Waals surface area contributed by atoms with E-state index in [1.807, 2.05) is 24.3 Å². The smallest absolute Gasteiger partial charge is 0.119 e. The van der Waals surface area contributed by atoms with Crippen molar-refractivity contribution in [2.75, 3.05) is 32.8 Å². The second-order valence-electron chi connectivity index (χ2n) is 5.35. The van der Waals surface area contributed by atoms with Crippen molar-refractivity contribution in [2.24, 2.45) is 5.92 Å². The Hall–Kier alpha value is -0.620. The molecule has 0 aromatic heterocycles. The second-order valence-corrected chi connectivity index (χ2v) is 6.26. The van der Waals surface area contributed by atoms with Gasteiger partial charge < -0.3 is 19.8 Å². The number of halogens is 1. The van der Waals surface area contributed by atoms with Crippen molar-refractivity contribution < 1.29 is 14.9 Å². The molecule has 1 aliphatic rings. The molecule has 1 atom stereocenters. The molecule has 1 heterocycles. The fourth-order valence-corrected chi connectivity index (χ4v) is 2.69. The molecule has 1 aromatic rings. The summed E-state index contributed by atoms with van der Waals surface area (Å²) in [6.45, 7) is 3.11. The molecule has 1 unspecified atom stereocenters. The average Bonchev–Trinajstić information content (AvgIpc) is 2.47. The van der Waals surface area contributed by atoms with Crippen molar-refractivity contribution in [2.45, 2.75) is 18.9 Å².